The summed E-state index contributed by atoms with van der Waals surface area (Å²) in [5.74, 6) is 0.0911. The van der Waals surface area contributed by atoms with Gasteiger partial charge in [0.15, 0.2) is 12.2 Å². The van der Waals surface area contributed by atoms with Gasteiger partial charge in [0.25, 0.3) is 0 Å². The molecule has 0 aromatic rings. The first kappa shape index (κ1) is 82.1. The molecule has 0 aliphatic rings. The van der Waals surface area contributed by atoms with Crippen LogP contribution in [0.25, 0.3) is 0 Å². The van der Waals surface area contributed by atoms with Gasteiger partial charge in [-0.15, -0.1) is 0 Å². The fourth-order valence-electron chi connectivity index (χ4n) is 9.62. The lowest BCUT2D eigenvalue weighted by atomic mass is 9.99. The molecule has 0 amide bonds. The summed E-state index contributed by atoms with van der Waals surface area (Å²) in [5, 5.41) is 10.5. The van der Waals surface area contributed by atoms with Crippen LogP contribution in [0, 0.1) is 17.8 Å². The van der Waals surface area contributed by atoms with E-state index in [-0.39, 0.29) is 25.7 Å². The highest BCUT2D eigenvalue weighted by molar-refractivity contribution is 7.47. The molecule has 6 atom stereocenters. The summed E-state index contributed by atoms with van der Waals surface area (Å²) in [6, 6.07) is 0. The third kappa shape index (κ3) is 57.8. The predicted molar refractivity (Wildman–Crippen MR) is 335 cm³/mol. The maximum Gasteiger partial charge on any atom is 0.472 e. The minimum atomic E-state index is -4.95. The van der Waals surface area contributed by atoms with E-state index in [0.29, 0.717) is 31.6 Å². The molecule has 498 valence electrons. The number of phosphoric ester groups is 2. The highest BCUT2D eigenvalue weighted by Gasteiger charge is 2.30. The molecular weight excluding hydrogens is 1110 g/mol. The Balaban J connectivity index is 5.23. The molecule has 0 aliphatic heterocycles. The molecule has 0 fully saturated rings. The molecule has 19 heteroatoms. The highest BCUT2D eigenvalue weighted by Crippen LogP contribution is 2.45. The van der Waals surface area contributed by atoms with Crippen LogP contribution in [0.3, 0.4) is 0 Å². The Bertz CT molecular complexity index is 1670. The molecule has 0 aromatic carbocycles. The third-order valence-electron chi connectivity index (χ3n) is 15.2. The van der Waals surface area contributed by atoms with Crippen LogP contribution < -0.4 is 0 Å². The average Bonchev–Trinajstić information content (AvgIpc) is 3.54. The number of aliphatic hydroxyl groups is 1. The van der Waals surface area contributed by atoms with E-state index in [1.165, 1.54) is 122 Å². The van der Waals surface area contributed by atoms with E-state index >= 15 is 0 Å². The van der Waals surface area contributed by atoms with E-state index in [4.69, 9.17) is 37.0 Å². The zero-order valence-electron chi connectivity index (χ0n) is 54.4. The highest BCUT2D eigenvalue weighted by atomic mass is 31.2. The number of rotatable bonds is 63. The van der Waals surface area contributed by atoms with Crippen molar-refractivity contribution in [1.82, 2.24) is 0 Å². The molecule has 0 heterocycles. The number of esters is 4. The molecule has 0 radical (unpaired) electrons. The van der Waals surface area contributed by atoms with Crippen LogP contribution in [0.15, 0.2) is 0 Å². The molecule has 3 unspecified atom stereocenters. The first-order valence-electron chi connectivity index (χ1n) is 33.9. The van der Waals surface area contributed by atoms with Crippen LogP contribution >= 0.6 is 15.6 Å². The van der Waals surface area contributed by atoms with Crippen molar-refractivity contribution in [2.24, 2.45) is 17.8 Å². The van der Waals surface area contributed by atoms with E-state index < -0.39 is 97.5 Å². The quantitative estimate of drug-likeness (QED) is 0.0222. The molecule has 17 nitrogen and oxygen atoms in total. The van der Waals surface area contributed by atoms with Crippen LogP contribution in [-0.2, 0) is 65.4 Å². The molecule has 0 bridgehead atoms. The van der Waals surface area contributed by atoms with Crippen LogP contribution in [0.1, 0.15) is 318 Å². The Morgan fingerprint density at radius 3 is 0.905 bits per heavy atom. The van der Waals surface area contributed by atoms with Crippen LogP contribution in [0.5, 0.6) is 0 Å². The summed E-state index contributed by atoms with van der Waals surface area (Å²) < 4.78 is 68.0. The van der Waals surface area contributed by atoms with Crippen molar-refractivity contribution < 1.29 is 80.2 Å². The van der Waals surface area contributed by atoms with Crippen molar-refractivity contribution >= 4 is 39.5 Å². The van der Waals surface area contributed by atoms with Gasteiger partial charge < -0.3 is 33.8 Å². The van der Waals surface area contributed by atoms with E-state index in [9.17, 15) is 43.2 Å². The van der Waals surface area contributed by atoms with Gasteiger partial charge in [0.2, 0.25) is 0 Å². The molecule has 0 rings (SSSR count). The van der Waals surface area contributed by atoms with Crippen molar-refractivity contribution in [3.8, 4) is 0 Å². The van der Waals surface area contributed by atoms with Gasteiger partial charge >= 0.3 is 39.5 Å². The summed E-state index contributed by atoms with van der Waals surface area (Å²) in [7, 11) is -9.89. The lowest BCUT2D eigenvalue weighted by Gasteiger charge is -2.21. The maximum absolute atomic E-state index is 13.0. The Labute approximate surface area is 511 Å². The molecule has 0 saturated heterocycles. The molecule has 84 heavy (non-hydrogen) atoms. The normalized spacial score (nSPS) is 14.7. The molecular formula is C65H126O17P2. The summed E-state index contributed by atoms with van der Waals surface area (Å²) in [6.07, 6.45) is 37.7. The van der Waals surface area contributed by atoms with Gasteiger partial charge in [0.05, 0.1) is 26.4 Å². The van der Waals surface area contributed by atoms with Crippen LogP contribution in [-0.4, -0.2) is 96.7 Å². The smallest absolute Gasteiger partial charge is 0.462 e. The zero-order chi connectivity index (χ0) is 62.4. The van der Waals surface area contributed by atoms with E-state index in [0.717, 1.165) is 108 Å². The number of ether oxygens (including phenoxy) is 4. The lowest BCUT2D eigenvalue weighted by molar-refractivity contribution is -0.161. The predicted octanol–water partition coefficient (Wildman–Crippen LogP) is 17.9. The van der Waals surface area contributed by atoms with Crippen LogP contribution in [0.2, 0.25) is 0 Å². The second-order valence-electron chi connectivity index (χ2n) is 24.7. The molecule has 0 aromatic heterocycles. The zero-order valence-corrected chi connectivity index (χ0v) is 56.1. The van der Waals surface area contributed by atoms with E-state index in [1.54, 1.807) is 0 Å². The van der Waals surface area contributed by atoms with E-state index in [2.05, 4.69) is 48.5 Å². The number of phosphoric acid groups is 2. The van der Waals surface area contributed by atoms with E-state index in [1.807, 2.05) is 0 Å². The largest absolute Gasteiger partial charge is 0.472 e. The fraction of sp³-hybridized carbons (Fsp3) is 0.938. The topological polar surface area (TPSA) is 237 Å². The lowest BCUT2D eigenvalue weighted by Crippen LogP contribution is -2.30. The number of hydrogen-bond acceptors (Lipinski definition) is 15. The van der Waals surface area contributed by atoms with Gasteiger partial charge in [-0.25, -0.2) is 9.13 Å². The van der Waals surface area contributed by atoms with Crippen molar-refractivity contribution in [3.63, 3.8) is 0 Å². The standard InChI is InChI=1S/C65H126O17P2/c1-8-10-11-12-13-24-32-39-46-62(67)75-53-61(82-65(70)49-42-35-28-27-30-37-44-57(5)6)55-80-84(73,74)78-51-59(66)50-77-83(71,72)79-54-60(52-76-63(68)47-40-33-25-20-16-14-18-22-29-36-43-56(3)4)81-64(69)48-41-34-26-21-17-15-19-23-31-38-45-58(7)9-2/h56-61,66H,8-55H2,1-7H3,(H,71,72)(H,73,74)/t58?,59-,60-,61-/m1/s1. The number of carbonyl (C=O) groups is 4. The summed E-state index contributed by atoms with van der Waals surface area (Å²) in [6.45, 7) is 11.7. The number of unbranched alkanes of at least 4 members (excludes halogenated alkanes) is 30. The second-order valence-corrected chi connectivity index (χ2v) is 27.6. The van der Waals surface area contributed by atoms with Crippen LogP contribution in [0.4, 0.5) is 0 Å². The SMILES string of the molecule is CCCCCCCCCCC(=O)OC[C@H](COP(=O)(O)OC[C@H](O)COP(=O)(O)OC[C@@H](COC(=O)CCCCCCCCCCCCC(C)C)OC(=O)CCCCCCCCCCCCC(C)CC)OC(=O)CCCCCCCCC(C)C. The third-order valence-corrected chi connectivity index (χ3v) is 17.1. The summed E-state index contributed by atoms with van der Waals surface area (Å²) in [4.78, 5) is 72.2. The van der Waals surface area contributed by atoms with Gasteiger partial charge in [0.1, 0.15) is 19.3 Å². The summed E-state index contributed by atoms with van der Waals surface area (Å²) in [5.41, 5.74) is 0. The Kier molecular flexibility index (Phi) is 55.0. The first-order chi connectivity index (χ1) is 40.3. The Morgan fingerprint density at radius 2 is 0.607 bits per heavy atom. The van der Waals surface area contributed by atoms with Crippen molar-refractivity contribution in [2.45, 2.75) is 336 Å². The van der Waals surface area contributed by atoms with Gasteiger partial charge in [-0.1, -0.05) is 267 Å². The fourth-order valence-corrected chi connectivity index (χ4v) is 11.2. The monoisotopic (exact) mass is 1240 g/mol. The molecule has 0 saturated carbocycles. The Hall–Kier alpha value is -1.94. The number of hydrogen-bond donors (Lipinski definition) is 3. The number of aliphatic hydroxyl groups excluding tert-OH is 1. The van der Waals surface area contributed by atoms with Gasteiger partial charge in [-0.2, -0.15) is 0 Å². The summed E-state index contributed by atoms with van der Waals surface area (Å²) >= 11 is 0. The minimum Gasteiger partial charge on any atom is -0.462 e. The molecule has 0 spiro atoms. The first-order valence-corrected chi connectivity index (χ1v) is 36.9. The van der Waals surface area contributed by atoms with Gasteiger partial charge in [-0.05, 0) is 43.4 Å². The van der Waals surface area contributed by atoms with Crippen molar-refractivity contribution in [1.29, 1.82) is 0 Å². The average molecular weight is 1240 g/mol. The molecule has 3 N–H and O–H groups in total. The van der Waals surface area contributed by atoms with Gasteiger partial charge in [-0.3, -0.25) is 37.3 Å². The maximum atomic E-state index is 13.0. The van der Waals surface area contributed by atoms with Gasteiger partial charge in [0, 0.05) is 25.7 Å². The minimum absolute atomic E-state index is 0.102. The Morgan fingerprint density at radius 1 is 0.345 bits per heavy atom. The molecule has 0 aliphatic carbocycles. The van der Waals surface area contributed by atoms with Crippen molar-refractivity contribution in [3.05, 3.63) is 0 Å². The number of carbonyl (C=O) groups excluding carboxylic acids is 4. The van der Waals surface area contributed by atoms with Crippen molar-refractivity contribution in [2.75, 3.05) is 39.6 Å². The second kappa shape index (κ2) is 56.3.